The van der Waals surface area contributed by atoms with Crippen LogP contribution in [0.1, 0.15) is 18.1 Å². The van der Waals surface area contributed by atoms with Crippen LogP contribution in [-0.2, 0) is 15.7 Å². The molecular weight excluding hydrogens is 295 g/mol. The molecule has 112 valence electrons. The number of halogens is 4. The minimum Gasteiger partial charge on any atom is -0.380 e. The molecule has 1 atom stereocenters. The minimum atomic E-state index is -4.55. The molecule has 7 heteroatoms. The second-order valence-corrected chi connectivity index (χ2v) is 4.64. The van der Waals surface area contributed by atoms with Crippen molar-refractivity contribution in [3.63, 3.8) is 0 Å². The van der Waals surface area contributed by atoms with Gasteiger partial charge in [-0.15, -0.1) is 11.6 Å². The fourth-order valence-corrected chi connectivity index (χ4v) is 1.71. The van der Waals surface area contributed by atoms with Gasteiger partial charge in [0, 0.05) is 6.61 Å². The summed E-state index contributed by atoms with van der Waals surface area (Å²) in [5.41, 5.74) is -0.855. The number of nitrogens with one attached hydrogen (secondary N) is 1. The standard InChI is InChI=1S/C13H15ClF3NO2/c1-3-20-7-10(14)12(19)18-11-8(2)5-4-6-9(11)13(15,16)17/h4-6,10H,3,7H2,1-2H3,(H,18,19). The zero-order chi connectivity index (χ0) is 15.3. The number of alkyl halides is 4. The second-order valence-electron chi connectivity index (χ2n) is 4.11. The van der Waals surface area contributed by atoms with E-state index in [0.717, 1.165) is 6.07 Å². The first kappa shape index (κ1) is 16.8. The van der Waals surface area contributed by atoms with Crippen LogP contribution in [0.3, 0.4) is 0 Å². The first-order valence-corrected chi connectivity index (χ1v) is 6.40. The van der Waals surface area contributed by atoms with Gasteiger partial charge in [0.05, 0.1) is 17.9 Å². The molecule has 0 aromatic heterocycles. The van der Waals surface area contributed by atoms with E-state index in [2.05, 4.69) is 5.32 Å². The zero-order valence-corrected chi connectivity index (χ0v) is 11.8. The third-order valence-corrected chi connectivity index (χ3v) is 2.90. The van der Waals surface area contributed by atoms with Crippen molar-refractivity contribution in [2.75, 3.05) is 18.5 Å². The topological polar surface area (TPSA) is 38.3 Å². The summed E-state index contributed by atoms with van der Waals surface area (Å²) in [4.78, 5) is 11.8. The number of amides is 1. The Bertz CT molecular complexity index is 477. The number of carbonyl (C=O) groups is 1. The monoisotopic (exact) mass is 309 g/mol. The van der Waals surface area contributed by atoms with E-state index in [0.29, 0.717) is 12.2 Å². The van der Waals surface area contributed by atoms with Gasteiger partial charge in [-0.2, -0.15) is 13.2 Å². The highest BCUT2D eigenvalue weighted by Gasteiger charge is 2.34. The molecule has 3 nitrogen and oxygen atoms in total. The lowest BCUT2D eigenvalue weighted by atomic mass is 10.1. The molecule has 0 heterocycles. The molecule has 0 fully saturated rings. The smallest absolute Gasteiger partial charge is 0.380 e. The molecule has 0 aliphatic carbocycles. The van der Waals surface area contributed by atoms with Crippen LogP contribution in [0.2, 0.25) is 0 Å². The summed E-state index contributed by atoms with van der Waals surface area (Å²) >= 11 is 5.76. The van der Waals surface area contributed by atoms with E-state index < -0.39 is 23.0 Å². The van der Waals surface area contributed by atoms with Crippen LogP contribution in [0.4, 0.5) is 18.9 Å². The van der Waals surface area contributed by atoms with Gasteiger partial charge in [0.15, 0.2) is 0 Å². The predicted octanol–water partition coefficient (Wildman–Crippen LogP) is 3.60. The molecule has 0 spiro atoms. The maximum Gasteiger partial charge on any atom is 0.418 e. The highest BCUT2D eigenvalue weighted by atomic mass is 35.5. The van der Waals surface area contributed by atoms with Gasteiger partial charge in [-0.05, 0) is 25.5 Å². The van der Waals surface area contributed by atoms with E-state index in [-0.39, 0.29) is 12.3 Å². The normalized spacial score (nSPS) is 13.1. The second kappa shape index (κ2) is 6.95. The van der Waals surface area contributed by atoms with E-state index in [4.69, 9.17) is 16.3 Å². The fraction of sp³-hybridized carbons (Fsp3) is 0.462. The number of anilines is 1. The van der Waals surface area contributed by atoms with Crippen molar-refractivity contribution in [2.24, 2.45) is 0 Å². The Hall–Kier alpha value is -1.27. The van der Waals surface area contributed by atoms with Gasteiger partial charge < -0.3 is 10.1 Å². The molecule has 0 bridgehead atoms. The molecule has 0 saturated carbocycles. The summed E-state index contributed by atoms with van der Waals surface area (Å²) in [5, 5.41) is 1.18. The minimum absolute atomic E-state index is 0.0584. The zero-order valence-electron chi connectivity index (χ0n) is 11.1. The molecule has 1 rings (SSSR count). The molecule has 0 aliphatic rings. The molecule has 0 aliphatic heterocycles. The molecule has 1 unspecified atom stereocenters. The maximum atomic E-state index is 12.9. The third-order valence-electron chi connectivity index (χ3n) is 2.58. The average Bonchev–Trinajstić information content (AvgIpc) is 2.36. The van der Waals surface area contributed by atoms with Crippen molar-refractivity contribution in [2.45, 2.75) is 25.4 Å². The van der Waals surface area contributed by atoms with Crippen molar-refractivity contribution < 1.29 is 22.7 Å². The van der Waals surface area contributed by atoms with Crippen LogP contribution in [0, 0.1) is 6.92 Å². The maximum absolute atomic E-state index is 12.9. The van der Waals surface area contributed by atoms with Gasteiger partial charge in [0.1, 0.15) is 5.38 Å². The predicted molar refractivity (Wildman–Crippen MR) is 70.9 cm³/mol. The molecule has 1 amide bonds. The molecule has 0 saturated heterocycles. The average molecular weight is 310 g/mol. The molecule has 1 N–H and O–H groups in total. The lowest BCUT2D eigenvalue weighted by Gasteiger charge is -2.17. The molecule has 1 aromatic carbocycles. The SMILES string of the molecule is CCOCC(Cl)C(=O)Nc1c(C)cccc1C(F)(F)F. The van der Waals surface area contributed by atoms with Crippen LogP contribution in [-0.4, -0.2) is 24.5 Å². The molecule has 20 heavy (non-hydrogen) atoms. The number of benzene rings is 1. The van der Waals surface area contributed by atoms with Crippen molar-refractivity contribution >= 4 is 23.2 Å². The number of ether oxygens (including phenoxy) is 1. The van der Waals surface area contributed by atoms with Gasteiger partial charge in [-0.1, -0.05) is 12.1 Å². The van der Waals surface area contributed by atoms with E-state index in [1.54, 1.807) is 6.92 Å². The lowest BCUT2D eigenvalue weighted by Crippen LogP contribution is -2.29. The summed E-state index contributed by atoms with van der Waals surface area (Å²) in [5.74, 6) is -0.722. The Morgan fingerprint density at radius 1 is 1.45 bits per heavy atom. The van der Waals surface area contributed by atoms with Crippen LogP contribution in [0.15, 0.2) is 18.2 Å². The van der Waals surface area contributed by atoms with E-state index >= 15 is 0 Å². The number of rotatable bonds is 5. The molecule has 1 aromatic rings. The van der Waals surface area contributed by atoms with Crippen LogP contribution in [0.25, 0.3) is 0 Å². The number of carbonyl (C=O) groups excluding carboxylic acids is 1. The number of hydrogen-bond donors (Lipinski definition) is 1. The summed E-state index contributed by atoms with van der Waals surface area (Å²) in [7, 11) is 0. The van der Waals surface area contributed by atoms with E-state index in [1.807, 2.05) is 0 Å². The lowest BCUT2D eigenvalue weighted by molar-refractivity contribution is -0.137. The summed E-state index contributed by atoms with van der Waals surface area (Å²) < 4.78 is 43.6. The Balaban J connectivity index is 2.94. The van der Waals surface area contributed by atoms with Crippen LogP contribution < -0.4 is 5.32 Å². The largest absolute Gasteiger partial charge is 0.418 e. The van der Waals surface area contributed by atoms with Crippen LogP contribution >= 0.6 is 11.6 Å². The van der Waals surface area contributed by atoms with Gasteiger partial charge in [-0.3, -0.25) is 4.79 Å². The third kappa shape index (κ3) is 4.38. The molecular formula is C13H15ClF3NO2. The number of hydrogen-bond acceptors (Lipinski definition) is 2. The number of para-hydroxylation sites is 1. The van der Waals surface area contributed by atoms with Crippen molar-refractivity contribution in [1.82, 2.24) is 0 Å². The Morgan fingerprint density at radius 3 is 2.65 bits per heavy atom. The Kier molecular flexibility index (Phi) is 5.83. The Labute approximate surface area is 120 Å². The van der Waals surface area contributed by atoms with Crippen molar-refractivity contribution in [3.05, 3.63) is 29.3 Å². The first-order chi connectivity index (χ1) is 9.27. The Morgan fingerprint density at radius 2 is 2.10 bits per heavy atom. The van der Waals surface area contributed by atoms with E-state index in [1.165, 1.54) is 19.1 Å². The number of aryl methyl sites for hydroxylation is 1. The van der Waals surface area contributed by atoms with Gasteiger partial charge in [0.25, 0.3) is 0 Å². The quantitative estimate of drug-likeness (QED) is 0.844. The highest BCUT2D eigenvalue weighted by Crippen LogP contribution is 2.36. The summed E-state index contributed by atoms with van der Waals surface area (Å²) in [6, 6.07) is 3.68. The van der Waals surface area contributed by atoms with Crippen molar-refractivity contribution in [3.8, 4) is 0 Å². The van der Waals surface area contributed by atoms with Crippen LogP contribution in [0.5, 0.6) is 0 Å². The molecule has 0 radical (unpaired) electrons. The van der Waals surface area contributed by atoms with Gasteiger partial charge in [0.2, 0.25) is 5.91 Å². The summed E-state index contributed by atoms with van der Waals surface area (Å²) in [6.07, 6.45) is -4.55. The van der Waals surface area contributed by atoms with Gasteiger partial charge in [-0.25, -0.2) is 0 Å². The van der Waals surface area contributed by atoms with E-state index in [9.17, 15) is 18.0 Å². The summed E-state index contributed by atoms with van der Waals surface area (Å²) in [6.45, 7) is 3.52. The highest BCUT2D eigenvalue weighted by molar-refractivity contribution is 6.32. The van der Waals surface area contributed by atoms with Gasteiger partial charge >= 0.3 is 6.18 Å². The first-order valence-electron chi connectivity index (χ1n) is 5.96. The van der Waals surface area contributed by atoms with Crippen molar-refractivity contribution in [1.29, 1.82) is 0 Å². The fourth-order valence-electron chi connectivity index (χ4n) is 1.57.